The first-order chi connectivity index (χ1) is 8.83. The van der Waals surface area contributed by atoms with Gasteiger partial charge in [-0.15, -0.1) is 0 Å². The Morgan fingerprint density at radius 3 is 2.39 bits per heavy atom. The molecule has 1 aromatic heterocycles. The predicted octanol–water partition coefficient (Wildman–Crippen LogP) is 2.56. The Morgan fingerprint density at radius 2 is 1.72 bits per heavy atom. The first-order valence-electron chi connectivity index (χ1n) is 5.45. The smallest absolute Gasteiger partial charge is 0.322 e. The third-order valence-electron chi connectivity index (χ3n) is 2.28. The fourth-order valence-corrected chi connectivity index (χ4v) is 1.47. The molecular weight excluding hydrogens is 232 g/mol. The van der Waals surface area contributed by atoms with E-state index in [4.69, 9.17) is 14.2 Å². The molecule has 5 nitrogen and oxygen atoms in total. The zero-order valence-electron chi connectivity index (χ0n) is 10.2. The van der Waals surface area contributed by atoms with Gasteiger partial charge in [-0.3, -0.25) is 0 Å². The van der Waals surface area contributed by atoms with Crippen LogP contribution in [0.3, 0.4) is 0 Å². The summed E-state index contributed by atoms with van der Waals surface area (Å²) in [6.07, 6.45) is 1.08. The van der Waals surface area contributed by atoms with E-state index in [-0.39, 0.29) is 6.01 Å². The van der Waals surface area contributed by atoms with Crippen LogP contribution in [0, 0.1) is 0 Å². The molecule has 0 spiro atoms. The zero-order chi connectivity index (χ0) is 12.8. The molecule has 2 aromatic rings. The lowest BCUT2D eigenvalue weighted by Crippen LogP contribution is -2.07. The fraction of sp³-hybridized carbons (Fsp3) is 0.231. The summed E-state index contributed by atoms with van der Waals surface area (Å²) in [6.45, 7) is 0. The first kappa shape index (κ1) is 12.5. The molecule has 0 saturated carbocycles. The van der Waals surface area contributed by atoms with Crippen molar-refractivity contribution in [1.82, 2.24) is 9.97 Å². The Bertz CT molecular complexity index is 487. The summed E-state index contributed by atoms with van der Waals surface area (Å²) in [5.74, 6) is 0.682. The molecule has 0 atom stereocenters. The molecule has 0 amide bonds. The quantitative estimate of drug-likeness (QED) is 0.759. The summed E-state index contributed by atoms with van der Waals surface area (Å²) >= 11 is 0. The number of para-hydroxylation sites is 1. The number of ether oxygens (including phenoxy) is 3. The molecule has 5 heteroatoms. The van der Waals surface area contributed by atoms with Crippen molar-refractivity contribution in [3.63, 3.8) is 0 Å². The Labute approximate surface area is 105 Å². The Balaban J connectivity index is 2.17. The summed E-state index contributed by atoms with van der Waals surface area (Å²) in [5.41, 5.74) is 0.612. The van der Waals surface area contributed by atoms with Gasteiger partial charge in [0.2, 0.25) is 6.29 Å². The Morgan fingerprint density at radius 1 is 1.00 bits per heavy atom. The van der Waals surface area contributed by atoms with Gasteiger partial charge in [0.25, 0.3) is 0 Å². The van der Waals surface area contributed by atoms with E-state index >= 15 is 0 Å². The van der Waals surface area contributed by atoms with E-state index in [1.807, 2.05) is 30.3 Å². The van der Waals surface area contributed by atoms with Crippen LogP contribution in [0.4, 0.5) is 0 Å². The van der Waals surface area contributed by atoms with Crippen molar-refractivity contribution in [3.8, 4) is 11.8 Å². The lowest BCUT2D eigenvalue weighted by atomic mass is 10.3. The standard InChI is InChI=1S/C13H14N2O3/c1-16-12(17-2)11-8-9-14-13(15-11)18-10-6-4-3-5-7-10/h3-9,12H,1-2H3. The number of nitrogens with zero attached hydrogens (tertiary/aromatic N) is 2. The fourth-order valence-electron chi connectivity index (χ4n) is 1.47. The molecule has 0 saturated heterocycles. The summed E-state index contributed by atoms with van der Waals surface area (Å²) in [6, 6.07) is 11.3. The maximum atomic E-state index is 5.52. The summed E-state index contributed by atoms with van der Waals surface area (Å²) < 4.78 is 15.8. The van der Waals surface area contributed by atoms with Crippen LogP contribution < -0.4 is 4.74 Å². The van der Waals surface area contributed by atoms with E-state index in [0.717, 1.165) is 0 Å². The highest BCUT2D eigenvalue weighted by Crippen LogP contribution is 2.20. The second-order valence-corrected chi connectivity index (χ2v) is 3.48. The van der Waals surface area contributed by atoms with Gasteiger partial charge in [-0.05, 0) is 18.2 Å². The van der Waals surface area contributed by atoms with Crippen molar-refractivity contribution >= 4 is 0 Å². The van der Waals surface area contributed by atoms with E-state index in [2.05, 4.69) is 9.97 Å². The molecule has 0 aliphatic heterocycles. The molecule has 0 unspecified atom stereocenters. The van der Waals surface area contributed by atoms with Gasteiger partial charge in [0.15, 0.2) is 0 Å². The van der Waals surface area contributed by atoms with E-state index < -0.39 is 6.29 Å². The molecule has 0 N–H and O–H groups in total. The summed E-state index contributed by atoms with van der Waals surface area (Å²) in [5, 5.41) is 0. The van der Waals surface area contributed by atoms with Crippen molar-refractivity contribution in [2.45, 2.75) is 6.29 Å². The van der Waals surface area contributed by atoms with E-state index in [1.165, 1.54) is 0 Å². The van der Waals surface area contributed by atoms with Crippen LogP contribution in [-0.2, 0) is 9.47 Å². The molecule has 0 aliphatic carbocycles. The number of rotatable bonds is 5. The largest absolute Gasteiger partial charge is 0.424 e. The van der Waals surface area contributed by atoms with Crippen molar-refractivity contribution < 1.29 is 14.2 Å². The number of hydrogen-bond donors (Lipinski definition) is 0. The van der Waals surface area contributed by atoms with Crippen LogP contribution in [-0.4, -0.2) is 24.2 Å². The van der Waals surface area contributed by atoms with Gasteiger partial charge in [0, 0.05) is 20.4 Å². The first-order valence-corrected chi connectivity index (χ1v) is 5.45. The van der Waals surface area contributed by atoms with Crippen LogP contribution >= 0.6 is 0 Å². The molecule has 0 aliphatic rings. The van der Waals surface area contributed by atoms with Crippen LogP contribution in [0.2, 0.25) is 0 Å². The maximum Gasteiger partial charge on any atom is 0.322 e. The van der Waals surface area contributed by atoms with Crippen molar-refractivity contribution in [2.24, 2.45) is 0 Å². The summed E-state index contributed by atoms with van der Waals surface area (Å²) in [7, 11) is 3.10. The number of methoxy groups -OCH3 is 2. The topological polar surface area (TPSA) is 53.5 Å². The van der Waals surface area contributed by atoms with E-state index in [0.29, 0.717) is 11.4 Å². The van der Waals surface area contributed by atoms with Gasteiger partial charge in [-0.2, -0.15) is 4.98 Å². The van der Waals surface area contributed by atoms with Crippen LogP contribution in [0.15, 0.2) is 42.6 Å². The van der Waals surface area contributed by atoms with Gasteiger partial charge in [-0.25, -0.2) is 4.98 Å². The van der Waals surface area contributed by atoms with Crippen molar-refractivity contribution in [1.29, 1.82) is 0 Å². The minimum absolute atomic E-state index is 0.262. The van der Waals surface area contributed by atoms with Gasteiger partial charge in [-0.1, -0.05) is 18.2 Å². The predicted molar refractivity (Wildman–Crippen MR) is 65.3 cm³/mol. The summed E-state index contributed by atoms with van der Waals surface area (Å²) in [4.78, 5) is 8.27. The lowest BCUT2D eigenvalue weighted by molar-refractivity contribution is -0.108. The van der Waals surface area contributed by atoms with Crippen LogP contribution in [0.1, 0.15) is 12.0 Å². The molecular formula is C13H14N2O3. The molecule has 0 bridgehead atoms. The molecule has 0 radical (unpaired) electrons. The minimum atomic E-state index is -0.522. The highest BCUT2D eigenvalue weighted by molar-refractivity contribution is 5.24. The number of hydrogen-bond acceptors (Lipinski definition) is 5. The van der Waals surface area contributed by atoms with Gasteiger partial charge < -0.3 is 14.2 Å². The third-order valence-corrected chi connectivity index (χ3v) is 2.28. The number of aromatic nitrogens is 2. The van der Waals surface area contributed by atoms with E-state index in [9.17, 15) is 0 Å². The molecule has 2 rings (SSSR count). The molecule has 0 fully saturated rings. The minimum Gasteiger partial charge on any atom is -0.424 e. The maximum absolute atomic E-state index is 5.52. The highest BCUT2D eigenvalue weighted by atomic mass is 16.7. The van der Waals surface area contributed by atoms with Gasteiger partial charge in [0.05, 0.1) is 0 Å². The molecule has 1 aromatic carbocycles. The normalized spacial score (nSPS) is 10.6. The van der Waals surface area contributed by atoms with Crippen molar-refractivity contribution in [3.05, 3.63) is 48.3 Å². The SMILES string of the molecule is COC(OC)c1ccnc(Oc2ccccc2)n1. The molecule has 18 heavy (non-hydrogen) atoms. The van der Waals surface area contributed by atoms with Crippen LogP contribution in [0.5, 0.6) is 11.8 Å². The molecule has 94 valence electrons. The van der Waals surface area contributed by atoms with E-state index in [1.54, 1.807) is 26.5 Å². The van der Waals surface area contributed by atoms with Crippen molar-refractivity contribution in [2.75, 3.05) is 14.2 Å². The second-order valence-electron chi connectivity index (χ2n) is 3.48. The monoisotopic (exact) mass is 246 g/mol. The molecule has 1 heterocycles. The number of benzene rings is 1. The second kappa shape index (κ2) is 6.09. The Kier molecular flexibility index (Phi) is 4.22. The zero-order valence-corrected chi connectivity index (χ0v) is 10.2. The highest BCUT2D eigenvalue weighted by Gasteiger charge is 2.12. The third kappa shape index (κ3) is 3.03. The lowest BCUT2D eigenvalue weighted by Gasteiger charge is -2.12. The van der Waals surface area contributed by atoms with Crippen LogP contribution in [0.25, 0.3) is 0 Å². The average Bonchev–Trinajstić information content (AvgIpc) is 2.42. The van der Waals surface area contributed by atoms with Gasteiger partial charge >= 0.3 is 6.01 Å². The Hall–Kier alpha value is -1.98. The average molecular weight is 246 g/mol. The van der Waals surface area contributed by atoms with Gasteiger partial charge in [0.1, 0.15) is 11.4 Å².